The minimum Gasteiger partial charge on any atom is -0.326 e. The van der Waals surface area contributed by atoms with Crippen LogP contribution in [0.15, 0.2) is 22.7 Å². The van der Waals surface area contributed by atoms with Crippen molar-refractivity contribution in [3.8, 4) is 0 Å². The molecule has 1 aromatic carbocycles. The van der Waals surface area contributed by atoms with Crippen LogP contribution in [0, 0.1) is 10.1 Å². The fraction of sp³-hybridized carbons (Fsp3) is 0.364. The lowest BCUT2D eigenvalue weighted by Crippen LogP contribution is -2.36. The van der Waals surface area contributed by atoms with Gasteiger partial charge in [0.05, 0.1) is 9.40 Å². The van der Waals surface area contributed by atoms with Crippen molar-refractivity contribution in [2.45, 2.75) is 25.8 Å². The Bertz CT molecular complexity index is 483. The lowest BCUT2D eigenvalue weighted by atomic mass is 10.0. The number of nitrogens with zero attached hydrogens (tertiary/aromatic N) is 1. The summed E-state index contributed by atoms with van der Waals surface area (Å²) in [6.07, 6.45) is 0.168. The molecule has 98 valence electrons. The molecule has 1 amide bonds. The molecule has 0 radical (unpaired) electrons. The molecular weight excluding hydrogens is 302 g/mol. The Morgan fingerprint density at radius 3 is 2.61 bits per heavy atom. The van der Waals surface area contributed by atoms with Crippen LogP contribution in [0.25, 0.3) is 0 Å². The first kappa shape index (κ1) is 14.6. The van der Waals surface area contributed by atoms with E-state index in [-0.39, 0.29) is 18.0 Å². The third-order valence-electron chi connectivity index (χ3n) is 2.04. The van der Waals surface area contributed by atoms with Gasteiger partial charge in [0, 0.05) is 23.7 Å². The van der Waals surface area contributed by atoms with Gasteiger partial charge in [-0.15, -0.1) is 0 Å². The summed E-state index contributed by atoms with van der Waals surface area (Å²) in [4.78, 5) is 21.7. The van der Waals surface area contributed by atoms with Gasteiger partial charge in [-0.1, -0.05) is 0 Å². The molecule has 0 spiro atoms. The minimum absolute atomic E-state index is 0.0489. The van der Waals surface area contributed by atoms with Gasteiger partial charge in [0.25, 0.3) is 5.69 Å². The van der Waals surface area contributed by atoms with Crippen molar-refractivity contribution in [1.29, 1.82) is 0 Å². The van der Waals surface area contributed by atoms with Crippen LogP contribution in [0.4, 0.5) is 11.4 Å². The van der Waals surface area contributed by atoms with E-state index in [0.717, 1.165) is 0 Å². The molecule has 7 heteroatoms. The Morgan fingerprint density at radius 1 is 1.56 bits per heavy atom. The lowest BCUT2D eigenvalue weighted by Gasteiger charge is -2.17. The van der Waals surface area contributed by atoms with Crippen molar-refractivity contribution in [3.63, 3.8) is 0 Å². The number of benzene rings is 1. The van der Waals surface area contributed by atoms with E-state index in [0.29, 0.717) is 10.2 Å². The van der Waals surface area contributed by atoms with Gasteiger partial charge in [0.15, 0.2) is 0 Å². The molecule has 0 saturated heterocycles. The van der Waals surface area contributed by atoms with Crippen molar-refractivity contribution in [2.24, 2.45) is 5.73 Å². The molecule has 1 rings (SSSR count). The Labute approximate surface area is 113 Å². The fourth-order valence-electron chi connectivity index (χ4n) is 1.35. The van der Waals surface area contributed by atoms with Crippen LogP contribution in [0.3, 0.4) is 0 Å². The number of amides is 1. The van der Waals surface area contributed by atoms with Gasteiger partial charge in [0.2, 0.25) is 5.91 Å². The number of hydrogen-bond acceptors (Lipinski definition) is 4. The highest BCUT2D eigenvalue weighted by Gasteiger charge is 2.17. The number of nitro benzene ring substituents is 1. The highest BCUT2D eigenvalue weighted by molar-refractivity contribution is 9.10. The molecule has 6 nitrogen and oxygen atoms in total. The Balaban J connectivity index is 2.78. The average Bonchev–Trinajstić information content (AvgIpc) is 2.13. The van der Waals surface area contributed by atoms with Gasteiger partial charge in [-0.05, 0) is 41.9 Å². The molecule has 0 fully saturated rings. The van der Waals surface area contributed by atoms with Gasteiger partial charge in [0.1, 0.15) is 0 Å². The zero-order valence-electron chi connectivity index (χ0n) is 10.1. The predicted molar refractivity (Wildman–Crippen MR) is 72.3 cm³/mol. The fourth-order valence-corrected chi connectivity index (χ4v) is 1.88. The molecular formula is C11H14BrN3O3. The standard InChI is InChI=1S/C11H14BrN3O3/c1-11(2,13)6-10(16)14-7-3-4-9(15(17)18)8(12)5-7/h3-5H,6,13H2,1-2H3,(H,14,16). The molecule has 0 atom stereocenters. The number of nitrogens with one attached hydrogen (secondary N) is 1. The number of carbonyl (C=O) groups is 1. The summed E-state index contributed by atoms with van der Waals surface area (Å²) in [6, 6.07) is 4.29. The van der Waals surface area contributed by atoms with Gasteiger partial charge >= 0.3 is 0 Å². The number of hydrogen-bond donors (Lipinski definition) is 2. The summed E-state index contributed by atoms with van der Waals surface area (Å²) in [5, 5.41) is 13.2. The third kappa shape index (κ3) is 4.42. The largest absolute Gasteiger partial charge is 0.326 e. The third-order valence-corrected chi connectivity index (χ3v) is 2.68. The van der Waals surface area contributed by atoms with E-state index in [1.165, 1.54) is 18.2 Å². The first-order chi connectivity index (χ1) is 8.19. The number of carbonyl (C=O) groups excluding carboxylic acids is 1. The lowest BCUT2D eigenvalue weighted by molar-refractivity contribution is -0.385. The molecule has 0 unspecified atom stereocenters. The first-order valence-electron chi connectivity index (χ1n) is 5.22. The second-order valence-corrected chi connectivity index (χ2v) is 5.49. The maximum atomic E-state index is 11.6. The molecule has 0 aliphatic carbocycles. The second kappa shape index (κ2) is 5.45. The highest BCUT2D eigenvalue weighted by Crippen LogP contribution is 2.27. The van der Waals surface area contributed by atoms with E-state index in [4.69, 9.17) is 5.73 Å². The normalized spacial score (nSPS) is 11.1. The Hall–Kier alpha value is -1.47. The average molecular weight is 316 g/mol. The van der Waals surface area contributed by atoms with Crippen molar-refractivity contribution < 1.29 is 9.72 Å². The number of anilines is 1. The van der Waals surface area contributed by atoms with Crippen LogP contribution in [0.2, 0.25) is 0 Å². The number of rotatable bonds is 4. The van der Waals surface area contributed by atoms with Crippen molar-refractivity contribution in [2.75, 3.05) is 5.32 Å². The van der Waals surface area contributed by atoms with Crippen LogP contribution in [-0.4, -0.2) is 16.4 Å². The smallest absolute Gasteiger partial charge is 0.283 e. The Kier molecular flexibility index (Phi) is 4.42. The van der Waals surface area contributed by atoms with Gasteiger partial charge in [-0.2, -0.15) is 0 Å². The number of halogens is 1. The van der Waals surface area contributed by atoms with Gasteiger partial charge < -0.3 is 11.1 Å². The van der Waals surface area contributed by atoms with E-state index >= 15 is 0 Å². The molecule has 0 saturated carbocycles. The van der Waals surface area contributed by atoms with E-state index in [1.54, 1.807) is 13.8 Å². The molecule has 3 N–H and O–H groups in total. The summed E-state index contributed by atoms with van der Waals surface area (Å²) < 4.78 is 0.317. The topological polar surface area (TPSA) is 98.3 Å². The first-order valence-corrected chi connectivity index (χ1v) is 6.01. The van der Waals surface area contributed by atoms with Crippen LogP contribution in [-0.2, 0) is 4.79 Å². The summed E-state index contributed by atoms with van der Waals surface area (Å²) in [5.74, 6) is -0.233. The van der Waals surface area contributed by atoms with Crippen LogP contribution < -0.4 is 11.1 Å². The SMILES string of the molecule is CC(C)(N)CC(=O)Nc1ccc([N+](=O)[O-])c(Br)c1. The van der Waals surface area contributed by atoms with Crippen molar-refractivity contribution in [1.82, 2.24) is 0 Å². The number of nitrogens with two attached hydrogens (primary N) is 1. The molecule has 0 aromatic heterocycles. The van der Waals surface area contributed by atoms with Crippen molar-refractivity contribution in [3.05, 3.63) is 32.8 Å². The maximum Gasteiger partial charge on any atom is 0.283 e. The molecule has 0 heterocycles. The van der Waals surface area contributed by atoms with Crippen LogP contribution in [0.5, 0.6) is 0 Å². The highest BCUT2D eigenvalue weighted by atomic mass is 79.9. The molecule has 0 bridgehead atoms. The van der Waals surface area contributed by atoms with Gasteiger partial charge in [-0.25, -0.2) is 0 Å². The van der Waals surface area contributed by atoms with Crippen LogP contribution in [0.1, 0.15) is 20.3 Å². The molecule has 0 aliphatic heterocycles. The van der Waals surface area contributed by atoms with E-state index in [2.05, 4.69) is 21.2 Å². The minimum atomic E-state index is -0.595. The summed E-state index contributed by atoms with van der Waals surface area (Å²) in [7, 11) is 0. The molecule has 1 aromatic rings. The van der Waals surface area contributed by atoms with Crippen LogP contribution >= 0.6 is 15.9 Å². The van der Waals surface area contributed by atoms with E-state index in [9.17, 15) is 14.9 Å². The predicted octanol–water partition coefficient (Wildman–Crippen LogP) is 2.42. The van der Waals surface area contributed by atoms with E-state index in [1.807, 2.05) is 0 Å². The quantitative estimate of drug-likeness (QED) is 0.658. The molecule has 0 aliphatic rings. The van der Waals surface area contributed by atoms with Gasteiger partial charge in [-0.3, -0.25) is 14.9 Å². The maximum absolute atomic E-state index is 11.6. The zero-order valence-corrected chi connectivity index (χ0v) is 11.7. The van der Waals surface area contributed by atoms with Crippen molar-refractivity contribution >= 4 is 33.2 Å². The Morgan fingerprint density at radius 2 is 2.17 bits per heavy atom. The summed E-state index contributed by atoms with van der Waals surface area (Å²) in [5.41, 5.74) is 5.57. The number of nitro groups is 1. The van der Waals surface area contributed by atoms with E-state index < -0.39 is 10.5 Å². The second-order valence-electron chi connectivity index (χ2n) is 4.64. The zero-order chi connectivity index (χ0) is 13.9. The summed E-state index contributed by atoms with van der Waals surface area (Å²) >= 11 is 3.08. The monoisotopic (exact) mass is 315 g/mol. The molecule has 18 heavy (non-hydrogen) atoms. The summed E-state index contributed by atoms with van der Waals surface area (Å²) in [6.45, 7) is 3.50.